The van der Waals surface area contributed by atoms with E-state index in [0.29, 0.717) is 6.61 Å². The van der Waals surface area contributed by atoms with E-state index in [9.17, 15) is 0 Å². The van der Waals surface area contributed by atoms with Crippen LogP contribution < -0.4 is 10.1 Å². The van der Waals surface area contributed by atoms with Gasteiger partial charge in [-0.1, -0.05) is 37.8 Å². The van der Waals surface area contributed by atoms with Gasteiger partial charge >= 0.3 is 0 Å². The number of nitrogens with one attached hydrogen (secondary N) is 1. The molecule has 1 aliphatic rings. The lowest BCUT2D eigenvalue weighted by atomic mass is 9.81. The molecule has 0 amide bonds. The molecule has 0 aromatic heterocycles. The average molecular weight is 296 g/mol. The highest BCUT2D eigenvalue weighted by molar-refractivity contribution is 6.30. The van der Waals surface area contributed by atoms with Gasteiger partial charge in [-0.3, -0.25) is 0 Å². The zero-order valence-corrected chi connectivity index (χ0v) is 13.2. The summed E-state index contributed by atoms with van der Waals surface area (Å²) in [6.45, 7) is 5.08. The van der Waals surface area contributed by atoms with Gasteiger partial charge in [-0.05, 0) is 55.5 Å². The van der Waals surface area contributed by atoms with Crippen LogP contribution in [0.5, 0.6) is 5.75 Å². The minimum absolute atomic E-state index is 0.714. The number of hydrogen-bond acceptors (Lipinski definition) is 2. The summed E-state index contributed by atoms with van der Waals surface area (Å²) in [6, 6.07) is 7.54. The number of benzene rings is 1. The van der Waals surface area contributed by atoms with E-state index >= 15 is 0 Å². The summed E-state index contributed by atoms with van der Waals surface area (Å²) in [5.41, 5.74) is 0. The first-order valence-corrected chi connectivity index (χ1v) is 8.24. The summed E-state index contributed by atoms with van der Waals surface area (Å²) in [5.74, 6) is 2.74. The predicted octanol–water partition coefficient (Wildman–Crippen LogP) is 4.52. The van der Waals surface area contributed by atoms with E-state index < -0.39 is 0 Å². The van der Waals surface area contributed by atoms with Crippen molar-refractivity contribution in [2.24, 2.45) is 11.8 Å². The summed E-state index contributed by atoms with van der Waals surface area (Å²) in [6.07, 6.45) is 6.98. The second kappa shape index (κ2) is 8.53. The van der Waals surface area contributed by atoms with Crippen LogP contribution in [0.1, 0.15) is 39.0 Å². The van der Waals surface area contributed by atoms with E-state index in [-0.39, 0.29) is 0 Å². The van der Waals surface area contributed by atoms with E-state index in [1.165, 1.54) is 32.1 Å². The van der Waals surface area contributed by atoms with Crippen molar-refractivity contribution in [3.05, 3.63) is 29.3 Å². The molecule has 0 aliphatic heterocycles. The van der Waals surface area contributed by atoms with Crippen molar-refractivity contribution in [2.75, 3.05) is 19.7 Å². The zero-order chi connectivity index (χ0) is 14.2. The highest BCUT2D eigenvalue weighted by Gasteiger charge is 2.19. The fourth-order valence-electron chi connectivity index (χ4n) is 2.92. The standard InChI is InChI=1S/C17H26ClNO/c1-2-14-3-5-15(6-4-14)13-19-11-12-20-17-9-7-16(18)8-10-17/h7-10,14-15,19H,2-6,11-13H2,1H3. The molecule has 0 spiro atoms. The Morgan fingerprint density at radius 2 is 1.75 bits per heavy atom. The minimum atomic E-state index is 0.714. The van der Waals surface area contributed by atoms with Crippen LogP contribution in [-0.4, -0.2) is 19.7 Å². The molecule has 1 aromatic carbocycles. The van der Waals surface area contributed by atoms with E-state index in [2.05, 4.69) is 12.2 Å². The van der Waals surface area contributed by atoms with E-state index in [1.54, 1.807) is 0 Å². The van der Waals surface area contributed by atoms with Crippen molar-refractivity contribution < 1.29 is 4.74 Å². The highest BCUT2D eigenvalue weighted by Crippen LogP contribution is 2.29. The first-order valence-electron chi connectivity index (χ1n) is 7.87. The van der Waals surface area contributed by atoms with Gasteiger partial charge in [0, 0.05) is 11.6 Å². The molecule has 0 unspecified atom stereocenters. The molecule has 1 fully saturated rings. The van der Waals surface area contributed by atoms with Gasteiger partial charge < -0.3 is 10.1 Å². The molecule has 2 nitrogen and oxygen atoms in total. The molecule has 1 aromatic rings. The Hall–Kier alpha value is -0.730. The second-order valence-electron chi connectivity index (χ2n) is 5.80. The average Bonchev–Trinajstić information content (AvgIpc) is 2.49. The van der Waals surface area contributed by atoms with E-state index in [1.807, 2.05) is 24.3 Å². The van der Waals surface area contributed by atoms with Crippen LogP contribution in [0.25, 0.3) is 0 Å². The molecule has 1 aliphatic carbocycles. The maximum atomic E-state index is 5.83. The quantitative estimate of drug-likeness (QED) is 0.747. The lowest BCUT2D eigenvalue weighted by molar-refractivity contribution is 0.254. The third-order valence-electron chi connectivity index (χ3n) is 4.34. The Bertz CT molecular complexity index is 371. The van der Waals surface area contributed by atoms with Gasteiger partial charge in [0.25, 0.3) is 0 Å². The SMILES string of the molecule is CCC1CCC(CNCCOc2ccc(Cl)cc2)CC1. The molecule has 0 heterocycles. The van der Waals surface area contributed by atoms with Gasteiger partial charge in [-0.2, -0.15) is 0 Å². The zero-order valence-electron chi connectivity index (χ0n) is 12.4. The van der Waals surface area contributed by atoms with Gasteiger partial charge in [-0.15, -0.1) is 0 Å². The number of halogens is 1. The van der Waals surface area contributed by atoms with Crippen LogP contribution in [0.2, 0.25) is 5.02 Å². The monoisotopic (exact) mass is 295 g/mol. The van der Waals surface area contributed by atoms with Crippen molar-refractivity contribution in [3.8, 4) is 5.75 Å². The topological polar surface area (TPSA) is 21.3 Å². The first kappa shape index (κ1) is 15.7. The van der Waals surface area contributed by atoms with Gasteiger partial charge in [0.15, 0.2) is 0 Å². The predicted molar refractivity (Wildman–Crippen MR) is 85.6 cm³/mol. The van der Waals surface area contributed by atoms with Crippen LogP contribution >= 0.6 is 11.6 Å². The fourth-order valence-corrected chi connectivity index (χ4v) is 3.05. The van der Waals surface area contributed by atoms with Crippen LogP contribution in [0, 0.1) is 11.8 Å². The van der Waals surface area contributed by atoms with Crippen molar-refractivity contribution in [1.29, 1.82) is 0 Å². The summed E-state index contributed by atoms with van der Waals surface area (Å²) in [5, 5.41) is 4.27. The Balaban J connectivity index is 1.52. The largest absolute Gasteiger partial charge is 0.492 e. The molecule has 20 heavy (non-hydrogen) atoms. The maximum absolute atomic E-state index is 5.83. The van der Waals surface area contributed by atoms with E-state index in [4.69, 9.17) is 16.3 Å². The Labute approximate surface area is 127 Å². The summed E-state index contributed by atoms with van der Waals surface area (Å²) in [7, 11) is 0. The van der Waals surface area contributed by atoms with Gasteiger partial charge in [-0.25, -0.2) is 0 Å². The summed E-state index contributed by atoms with van der Waals surface area (Å²) < 4.78 is 5.66. The third-order valence-corrected chi connectivity index (χ3v) is 4.59. The fraction of sp³-hybridized carbons (Fsp3) is 0.647. The smallest absolute Gasteiger partial charge is 0.119 e. The van der Waals surface area contributed by atoms with Gasteiger partial charge in [0.2, 0.25) is 0 Å². The van der Waals surface area contributed by atoms with Gasteiger partial charge in [0.1, 0.15) is 12.4 Å². The van der Waals surface area contributed by atoms with Crippen LogP contribution in [0.4, 0.5) is 0 Å². The second-order valence-corrected chi connectivity index (χ2v) is 6.24. The number of ether oxygens (including phenoxy) is 1. The van der Waals surface area contributed by atoms with Crippen LogP contribution in [0.3, 0.4) is 0 Å². The Morgan fingerprint density at radius 3 is 2.40 bits per heavy atom. The summed E-state index contributed by atoms with van der Waals surface area (Å²) >= 11 is 5.83. The molecule has 1 saturated carbocycles. The molecule has 1 N–H and O–H groups in total. The highest BCUT2D eigenvalue weighted by atomic mass is 35.5. The number of rotatable bonds is 7. The minimum Gasteiger partial charge on any atom is -0.492 e. The Morgan fingerprint density at radius 1 is 1.10 bits per heavy atom. The lowest BCUT2D eigenvalue weighted by Crippen LogP contribution is -2.29. The summed E-state index contributed by atoms with van der Waals surface area (Å²) in [4.78, 5) is 0. The van der Waals surface area contributed by atoms with Crippen molar-refractivity contribution in [1.82, 2.24) is 5.32 Å². The molecule has 0 radical (unpaired) electrons. The molecule has 112 valence electrons. The molecule has 0 bridgehead atoms. The van der Waals surface area contributed by atoms with E-state index in [0.717, 1.165) is 35.7 Å². The van der Waals surface area contributed by atoms with Crippen LogP contribution in [-0.2, 0) is 0 Å². The third kappa shape index (κ3) is 5.34. The molecular formula is C17H26ClNO. The molecule has 2 rings (SSSR count). The van der Waals surface area contributed by atoms with Crippen molar-refractivity contribution in [2.45, 2.75) is 39.0 Å². The van der Waals surface area contributed by atoms with Crippen molar-refractivity contribution in [3.63, 3.8) is 0 Å². The molecular weight excluding hydrogens is 270 g/mol. The Kier molecular flexibility index (Phi) is 6.68. The maximum Gasteiger partial charge on any atom is 0.119 e. The number of hydrogen-bond donors (Lipinski definition) is 1. The van der Waals surface area contributed by atoms with Crippen LogP contribution in [0.15, 0.2) is 24.3 Å². The van der Waals surface area contributed by atoms with Crippen molar-refractivity contribution >= 4 is 11.6 Å². The molecule has 0 saturated heterocycles. The molecule has 0 atom stereocenters. The van der Waals surface area contributed by atoms with Gasteiger partial charge in [0.05, 0.1) is 0 Å². The first-order chi connectivity index (χ1) is 9.78. The normalized spacial score (nSPS) is 22.7. The lowest BCUT2D eigenvalue weighted by Gasteiger charge is -2.27. The molecule has 3 heteroatoms.